The standard InChI is InChI=1S/C41H33F6NO5/c42-40(43,44)28-19-29(41(45,46)47)21-30(20-28)48-38(50)33-18-27(22-52-32-12-5-2-6-13-32)36-34(37(33)39(48)51)23-53-35(36)15-14-26(25-9-3-1-4-10-25)16-24-8-7-11-31(49)17-24/h1-13,16-17,19-21,33-35,37,49H,14-15,18,22-23H2/b26-16-/t33-,34+,35-,37-/m1/s1. The van der Waals surface area contributed by atoms with Crippen molar-refractivity contribution in [3.05, 3.63) is 137 Å². The first-order valence-electron chi connectivity index (χ1n) is 17.0. The van der Waals surface area contributed by atoms with Gasteiger partial charge in [-0.15, -0.1) is 0 Å². The largest absolute Gasteiger partial charge is 0.508 e. The first-order chi connectivity index (χ1) is 25.3. The number of nitrogens with zero attached hydrogens (tertiary/aromatic N) is 1. The van der Waals surface area contributed by atoms with E-state index in [1.807, 2.05) is 48.5 Å². The van der Waals surface area contributed by atoms with Crippen LogP contribution in [0.5, 0.6) is 11.5 Å². The average molecular weight is 734 g/mol. The second-order valence-corrected chi connectivity index (χ2v) is 13.4. The summed E-state index contributed by atoms with van der Waals surface area (Å²) in [6, 6.07) is 26.2. The number of hydrogen-bond acceptors (Lipinski definition) is 5. The summed E-state index contributed by atoms with van der Waals surface area (Å²) in [6.07, 6.45) is -7.91. The highest BCUT2D eigenvalue weighted by atomic mass is 19.4. The van der Waals surface area contributed by atoms with Gasteiger partial charge in [0.25, 0.3) is 0 Å². The number of ether oxygens (including phenoxy) is 2. The predicted octanol–water partition coefficient (Wildman–Crippen LogP) is 9.35. The number of rotatable bonds is 9. The Kier molecular flexibility index (Phi) is 9.67. The van der Waals surface area contributed by atoms with Crippen molar-refractivity contribution in [1.29, 1.82) is 0 Å². The summed E-state index contributed by atoms with van der Waals surface area (Å²) in [5.74, 6) is -3.82. The fourth-order valence-corrected chi connectivity index (χ4v) is 7.67. The van der Waals surface area contributed by atoms with Gasteiger partial charge >= 0.3 is 12.4 Å². The van der Waals surface area contributed by atoms with Gasteiger partial charge in [0.05, 0.1) is 41.4 Å². The maximum atomic E-state index is 14.1. The van der Waals surface area contributed by atoms with E-state index in [9.17, 15) is 41.0 Å². The molecule has 4 atom stereocenters. The quantitative estimate of drug-likeness (QED) is 0.0804. The van der Waals surface area contributed by atoms with E-state index in [0.29, 0.717) is 41.2 Å². The van der Waals surface area contributed by atoms with Crippen molar-refractivity contribution in [2.75, 3.05) is 18.1 Å². The second kappa shape index (κ2) is 14.2. The van der Waals surface area contributed by atoms with Gasteiger partial charge in [-0.3, -0.25) is 9.59 Å². The number of alkyl halides is 6. The van der Waals surface area contributed by atoms with Gasteiger partial charge in [-0.05, 0) is 89.6 Å². The molecule has 0 radical (unpaired) electrons. The van der Waals surface area contributed by atoms with Crippen LogP contribution in [0.3, 0.4) is 0 Å². The summed E-state index contributed by atoms with van der Waals surface area (Å²) in [4.78, 5) is 28.5. The number of carbonyl (C=O) groups is 2. The molecule has 2 aliphatic heterocycles. The van der Waals surface area contributed by atoms with E-state index >= 15 is 0 Å². The molecule has 3 aliphatic rings. The molecule has 0 spiro atoms. The topological polar surface area (TPSA) is 76.1 Å². The number of imide groups is 1. The van der Waals surface area contributed by atoms with Gasteiger partial charge in [0.15, 0.2) is 0 Å². The van der Waals surface area contributed by atoms with E-state index in [2.05, 4.69) is 0 Å². The minimum atomic E-state index is -5.16. The zero-order chi connectivity index (χ0) is 37.5. The van der Waals surface area contributed by atoms with Crippen molar-refractivity contribution in [3.63, 3.8) is 0 Å². The van der Waals surface area contributed by atoms with Crippen LogP contribution in [0.2, 0.25) is 0 Å². The molecule has 2 saturated heterocycles. The summed E-state index contributed by atoms with van der Waals surface area (Å²) in [7, 11) is 0. The van der Waals surface area contributed by atoms with Gasteiger partial charge in [0.2, 0.25) is 11.8 Å². The van der Waals surface area contributed by atoms with Crippen LogP contribution in [-0.4, -0.2) is 36.2 Å². The Hall–Kier alpha value is -5.36. The minimum absolute atomic E-state index is 0.0139. The van der Waals surface area contributed by atoms with E-state index in [1.165, 1.54) is 0 Å². The molecule has 6 nitrogen and oxygen atoms in total. The number of hydrogen-bond donors (Lipinski definition) is 1. The maximum absolute atomic E-state index is 14.1. The smallest absolute Gasteiger partial charge is 0.416 e. The fraction of sp³-hybridized carbons (Fsp3) is 0.268. The number of aromatic hydroxyl groups is 1. The van der Waals surface area contributed by atoms with Gasteiger partial charge in [-0.1, -0.05) is 66.7 Å². The number of anilines is 1. The number of carbonyl (C=O) groups excluding carboxylic acids is 2. The summed E-state index contributed by atoms with van der Waals surface area (Å²) in [6.45, 7) is 0.0586. The predicted molar refractivity (Wildman–Crippen MR) is 184 cm³/mol. The lowest BCUT2D eigenvalue weighted by Crippen LogP contribution is -2.35. The third kappa shape index (κ3) is 7.46. The number of fused-ring (bicyclic) bond motifs is 3. The van der Waals surface area contributed by atoms with Crippen molar-refractivity contribution in [2.24, 2.45) is 17.8 Å². The number of halogens is 6. The van der Waals surface area contributed by atoms with Crippen molar-refractivity contribution in [1.82, 2.24) is 0 Å². The lowest BCUT2D eigenvalue weighted by atomic mass is 9.69. The molecule has 0 aromatic heterocycles. The zero-order valence-electron chi connectivity index (χ0n) is 28.0. The minimum Gasteiger partial charge on any atom is -0.508 e. The van der Waals surface area contributed by atoms with Crippen LogP contribution in [0.1, 0.15) is 41.5 Å². The van der Waals surface area contributed by atoms with Crippen LogP contribution in [0.15, 0.2) is 114 Å². The molecule has 0 saturated carbocycles. The van der Waals surface area contributed by atoms with Gasteiger partial charge in [0, 0.05) is 5.92 Å². The molecule has 2 fully saturated rings. The third-order valence-corrected chi connectivity index (χ3v) is 10.0. The Morgan fingerprint density at radius 2 is 1.47 bits per heavy atom. The molecular formula is C41H33F6NO5. The maximum Gasteiger partial charge on any atom is 0.416 e. The first kappa shape index (κ1) is 36.0. The molecule has 0 bridgehead atoms. The number of phenolic OH excluding ortho intramolecular Hbond substituents is 1. The van der Waals surface area contributed by atoms with Crippen molar-refractivity contribution < 1.29 is 50.5 Å². The molecule has 12 heteroatoms. The number of allylic oxidation sites excluding steroid dienone is 1. The molecule has 2 amide bonds. The first-order valence-corrected chi connectivity index (χ1v) is 17.0. The van der Waals surface area contributed by atoms with Crippen LogP contribution in [0.25, 0.3) is 11.6 Å². The van der Waals surface area contributed by atoms with Crippen molar-refractivity contribution in [3.8, 4) is 11.5 Å². The molecule has 4 aromatic rings. The summed E-state index contributed by atoms with van der Waals surface area (Å²) in [5.41, 5.74) is 0.116. The Bertz CT molecular complexity index is 2040. The highest BCUT2D eigenvalue weighted by Crippen LogP contribution is 2.51. The zero-order valence-corrected chi connectivity index (χ0v) is 28.0. The number of benzene rings is 4. The molecule has 274 valence electrons. The lowest BCUT2D eigenvalue weighted by molar-refractivity contribution is -0.143. The summed E-state index contributed by atoms with van der Waals surface area (Å²) < 4.78 is 95.1. The summed E-state index contributed by atoms with van der Waals surface area (Å²) >= 11 is 0. The van der Waals surface area contributed by atoms with E-state index in [-0.39, 0.29) is 31.5 Å². The van der Waals surface area contributed by atoms with Gasteiger partial charge in [0.1, 0.15) is 18.1 Å². The molecule has 7 rings (SSSR count). The molecule has 1 N–H and O–H groups in total. The molecule has 1 aliphatic carbocycles. The molecule has 4 aromatic carbocycles. The van der Waals surface area contributed by atoms with Crippen molar-refractivity contribution >= 4 is 29.2 Å². The molecule has 53 heavy (non-hydrogen) atoms. The van der Waals surface area contributed by atoms with E-state index < -0.39 is 64.8 Å². The SMILES string of the molecule is O=C1[C@@H]2[C@@H](CC(COc3ccccc3)=C3[C@@H](CC/C(=C/c4cccc(O)c4)c4ccccc4)OC[C@@H]32)C(=O)N1c1cc(C(F)(F)F)cc(C(F)(F)F)c1. The van der Waals surface area contributed by atoms with Crippen LogP contribution in [-0.2, 0) is 26.7 Å². The second-order valence-electron chi connectivity index (χ2n) is 13.4. The van der Waals surface area contributed by atoms with Gasteiger partial charge in [-0.2, -0.15) is 26.3 Å². The molecule has 0 unspecified atom stereocenters. The normalized spacial score (nSPS) is 21.9. The van der Waals surface area contributed by atoms with Crippen LogP contribution < -0.4 is 9.64 Å². The third-order valence-electron chi connectivity index (χ3n) is 10.0. The summed E-state index contributed by atoms with van der Waals surface area (Å²) in [5, 5.41) is 10.1. The fourth-order valence-electron chi connectivity index (χ4n) is 7.67. The average Bonchev–Trinajstić information content (AvgIpc) is 3.66. The van der Waals surface area contributed by atoms with E-state index in [0.717, 1.165) is 22.3 Å². The van der Waals surface area contributed by atoms with E-state index in [4.69, 9.17) is 9.47 Å². The molecule has 2 heterocycles. The van der Waals surface area contributed by atoms with Gasteiger partial charge < -0.3 is 14.6 Å². The highest BCUT2D eigenvalue weighted by molar-refractivity contribution is 6.22. The van der Waals surface area contributed by atoms with Crippen LogP contribution in [0.4, 0.5) is 32.0 Å². The van der Waals surface area contributed by atoms with Gasteiger partial charge in [-0.25, -0.2) is 4.90 Å². The molecular weight excluding hydrogens is 700 g/mol. The number of phenols is 1. The van der Waals surface area contributed by atoms with Crippen LogP contribution in [0, 0.1) is 17.8 Å². The monoisotopic (exact) mass is 733 g/mol. The van der Waals surface area contributed by atoms with Crippen LogP contribution >= 0.6 is 0 Å². The van der Waals surface area contributed by atoms with E-state index in [1.54, 1.807) is 42.5 Å². The Balaban J connectivity index is 1.23. The number of para-hydroxylation sites is 1. The van der Waals surface area contributed by atoms with Crippen molar-refractivity contribution in [2.45, 2.75) is 37.7 Å². The lowest BCUT2D eigenvalue weighted by Gasteiger charge is -2.31. The Morgan fingerprint density at radius 1 is 0.811 bits per heavy atom. The highest BCUT2D eigenvalue weighted by Gasteiger charge is 2.58. The number of amides is 2. The Labute approximate surface area is 301 Å². The Morgan fingerprint density at radius 3 is 2.11 bits per heavy atom.